The van der Waals surface area contributed by atoms with Gasteiger partial charge in [-0.25, -0.2) is 0 Å². The van der Waals surface area contributed by atoms with Gasteiger partial charge in [-0.2, -0.15) is 0 Å². The van der Waals surface area contributed by atoms with E-state index in [0.29, 0.717) is 5.69 Å². The Morgan fingerprint density at radius 2 is 2.00 bits per heavy atom. The van der Waals surface area contributed by atoms with E-state index in [9.17, 15) is 4.79 Å². The Balaban J connectivity index is 2.19. The Labute approximate surface area is 119 Å². The van der Waals surface area contributed by atoms with Gasteiger partial charge in [-0.15, -0.1) is 0 Å². The highest BCUT2D eigenvalue weighted by atomic mass is 16.1. The fourth-order valence-electron chi connectivity index (χ4n) is 1.93. The number of hydrogen-bond acceptors (Lipinski definition) is 3. The summed E-state index contributed by atoms with van der Waals surface area (Å²) in [6.45, 7) is 6.79. The van der Waals surface area contributed by atoms with Crippen molar-refractivity contribution in [1.82, 2.24) is 4.98 Å². The van der Waals surface area contributed by atoms with Crippen molar-refractivity contribution in [3.8, 4) is 0 Å². The highest BCUT2D eigenvalue weighted by Crippen LogP contribution is 2.17. The Morgan fingerprint density at radius 1 is 1.20 bits per heavy atom. The van der Waals surface area contributed by atoms with Crippen molar-refractivity contribution in [1.29, 1.82) is 0 Å². The molecule has 1 amide bonds. The molecule has 0 unspecified atom stereocenters. The molecule has 1 aromatic carbocycles. The highest BCUT2D eigenvalue weighted by Gasteiger charge is 2.09. The number of aryl methyl sites for hydroxylation is 2. The molecular formula is C16H19N3O. The van der Waals surface area contributed by atoms with E-state index in [1.807, 2.05) is 45.0 Å². The van der Waals surface area contributed by atoms with Gasteiger partial charge in [-0.05, 0) is 50.1 Å². The van der Waals surface area contributed by atoms with Gasteiger partial charge >= 0.3 is 0 Å². The summed E-state index contributed by atoms with van der Waals surface area (Å²) < 4.78 is 0. The molecule has 0 spiro atoms. The molecule has 0 saturated heterocycles. The molecule has 1 aromatic heterocycles. The number of pyridine rings is 1. The van der Waals surface area contributed by atoms with Crippen molar-refractivity contribution < 1.29 is 4.79 Å². The summed E-state index contributed by atoms with van der Waals surface area (Å²) in [6.07, 6.45) is 1.63. The molecule has 4 heteroatoms. The zero-order valence-electron chi connectivity index (χ0n) is 12.0. The van der Waals surface area contributed by atoms with Crippen LogP contribution >= 0.6 is 0 Å². The number of carbonyl (C=O) groups excluding carboxylic acids is 1. The normalized spacial score (nSPS) is 10.2. The fraction of sp³-hybridized carbons (Fsp3) is 0.250. The number of benzene rings is 1. The summed E-state index contributed by atoms with van der Waals surface area (Å²) in [5, 5.41) is 6.07. The lowest BCUT2D eigenvalue weighted by Gasteiger charge is -2.10. The minimum absolute atomic E-state index is 0.196. The van der Waals surface area contributed by atoms with Gasteiger partial charge in [-0.3, -0.25) is 9.78 Å². The third-order valence-corrected chi connectivity index (χ3v) is 3.01. The average molecular weight is 269 g/mol. The lowest BCUT2D eigenvalue weighted by atomic mass is 10.1. The molecule has 20 heavy (non-hydrogen) atoms. The molecule has 4 nitrogen and oxygen atoms in total. The van der Waals surface area contributed by atoms with Gasteiger partial charge in [0.05, 0.1) is 0 Å². The highest BCUT2D eigenvalue weighted by molar-refractivity contribution is 6.03. The van der Waals surface area contributed by atoms with Crippen LogP contribution in [0.4, 0.5) is 11.4 Å². The van der Waals surface area contributed by atoms with Gasteiger partial charge in [0, 0.05) is 24.1 Å². The molecule has 1 heterocycles. The van der Waals surface area contributed by atoms with E-state index in [0.717, 1.165) is 29.0 Å². The maximum absolute atomic E-state index is 12.2. The first-order valence-electron chi connectivity index (χ1n) is 6.68. The summed E-state index contributed by atoms with van der Waals surface area (Å²) in [4.78, 5) is 16.4. The first-order valence-corrected chi connectivity index (χ1v) is 6.68. The molecule has 2 aromatic rings. The second-order valence-corrected chi connectivity index (χ2v) is 4.73. The van der Waals surface area contributed by atoms with Crippen LogP contribution in [0, 0.1) is 13.8 Å². The maximum Gasteiger partial charge on any atom is 0.274 e. The topological polar surface area (TPSA) is 54.0 Å². The minimum Gasteiger partial charge on any atom is -0.385 e. The first-order chi connectivity index (χ1) is 9.60. The summed E-state index contributed by atoms with van der Waals surface area (Å²) in [6, 6.07) is 9.58. The van der Waals surface area contributed by atoms with Gasteiger partial charge < -0.3 is 10.6 Å². The van der Waals surface area contributed by atoms with E-state index in [2.05, 4.69) is 15.6 Å². The van der Waals surface area contributed by atoms with E-state index in [4.69, 9.17) is 0 Å². The number of anilines is 2. The molecular weight excluding hydrogens is 250 g/mol. The first kappa shape index (κ1) is 14.1. The lowest BCUT2D eigenvalue weighted by Crippen LogP contribution is -2.15. The molecule has 104 valence electrons. The van der Waals surface area contributed by atoms with Gasteiger partial charge in [0.25, 0.3) is 5.91 Å². The summed E-state index contributed by atoms with van der Waals surface area (Å²) in [5.41, 5.74) is 4.27. The molecule has 2 N–H and O–H groups in total. The Morgan fingerprint density at radius 3 is 2.75 bits per heavy atom. The summed E-state index contributed by atoms with van der Waals surface area (Å²) in [5.74, 6) is -0.196. The third kappa shape index (κ3) is 3.35. The van der Waals surface area contributed by atoms with Gasteiger partial charge in [0.2, 0.25) is 0 Å². The fourth-order valence-corrected chi connectivity index (χ4v) is 1.93. The van der Waals surface area contributed by atoms with Crippen LogP contribution in [-0.4, -0.2) is 17.4 Å². The van der Waals surface area contributed by atoms with Crippen molar-refractivity contribution in [2.75, 3.05) is 17.2 Å². The van der Waals surface area contributed by atoms with Crippen LogP contribution in [-0.2, 0) is 0 Å². The SMILES string of the molecule is CCNc1ccnc(C(=O)Nc2cc(C)ccc2C)c1. The van der Waals surface area contributed by atoms with E-state index in [1.54, 1.807) is 12.3 Å². The van der Waals surface area contributed by atoms with Crippen LogP contribution in [0.15, 0.2) is 36.5 Å². The molecule has 2 rings (SSSR count). The summed E-state index contributed by atoms with van der Waals surface area (Å²) in [7, 11) is 0. The molecule has 0 atom stereocenters. The van der Waals surface area contributed by atoms with E-state index < -0.39 is 0 Å². The Hall–Kier alpha value is -2.36. The standard InChI is InChI=1S/C16H19N3O/c1-4-17-13-7-8-18-15(10-13)16(20)19-14-9-11(2)5-6-12(14)3/h5-10H,4H2,1-3H3,(H,17,18)(H,19,20). The second-order valence-electron chi connectivity index (χ2n) is 4.73. The van der Waals surface area contributed by atoms with Crippen LogP contribution in [0.2, 0.25) is 0 Å². The van der Waals surface area contributed by atoms with Crippen LogP contribution in [0.5, 0.6) is 0 Å². The second kappa shape index (κ2) is 6.19. The number of aromatic nitrogens is 1. The van der Waals surface area contributed by atoms with Crippen molar-refractivity contribution >= 4 is 17.3 Å². The Kier molecular flexibility index (Phi) is 4.35. The van der Waals surface area contributed by atoms with E-state index in [1.165, 1.54) is 0 Å². The third-order valence-electron chi connectivity index (χ3n) is 3.01. The smallest absolute Gasteiger partial charge is 0.274 e. The number of nitrogens with one attached hydrogen (secondary N) is 2. The predicted molar refractivity (Wildman–Crippen MR) is 82.3 cm³/mol. The number of amides is 1. The quantitative estimate of drug-likeness (QED) is 0.894. The minimum atomic E-state index is -0.196. The monoisotopic (exact) mass is 269 g/mol. The number of carbonyl (C=O) groups is 1. The number of hydrogen-bond donors (Lipinski definition) is 2. The zero-order valence-corrected chi connectivity index (χ0v) is 12.0. The van der Waals surface area contributed by atoms with Crippen molar-refractivity contribution in [2.24, 2.45) is 0 Å². The van der Waals surface area contributed by atoms with Crippen LogP contribution in [0.25, 0.3) is 0 Å². The van der Waals surface area contributed by atoms with E-state index >= 15 is 0 Å². The number of nitrogens with zero attached hydrogens (tertiary/aromatic N) is 1. The van der Waals surface area contributed by atoms with Gasteiger partial charge in [0.15, 0.2) is 0 Å². The molecule has 0 radical (unpaired) electrons. The van der Waals surface area contributed by atoms with Gasteiger partial charge in [-0.1, -0.05) is 12.1 Å². The van der Waals surface area contributed by atoms with Crippen molar-refractivity contribution in [3.63, 3.8) is 0 Å². The maximum atomic E-state index is 12.2. The predicted octanol–water partition coefficient (Wildman–Crippen LogP) is 3.38. The van der Waals surface area contributed by atoms with Crippen LogP contribution < -0.4 is 10.6 Å². The molecule has 0 saturated carbocycles. The Bertz CT molecular complexity index is 623. The molecule has 0 aliphatic rings. The molecule has 0 aliphatic carbocycles. The molecule has 0 aliphatic heterocycles. The van der Waals surface area contributed by atoms with Crippen molar-refractivity contribution in [2.45, 2.75) is 20.8 Å². The van der Waals surface area contributed by atoms with Crippen LogP contribution in [0.3, 0.4) is 0 Å². The lowest BCUT2D eigenvalue weighted by molar-refractivity contribution is 0.102. The van der Waals surface area contributed by atoms with Gasteiger partial charge in [0.1, 0.15) is 5.69 Å². The summed E-state index contributed by atoms with van der Waals surface area (Å²) >= 11 is 0. The largest absolute Gasteiger partial charge is 0.385 e. The molecule has 0 fully saturated rings. The average Bonchev–Trinajstić information content (AvgIpc) is 2.43. The molecule has 0 bridgehead atoms. The van der Waals surface area contributed by atoms with E-state index in [-0.39, 0.29) is 5.91 Å². The number of rotatable bonds is 4. The van der Waals surface area contributed by atoms with Crippen LogP contribution in [0.1, 0.15) is 28.5 Å². The zero-order chi connectivity index (χ0) is 14.5. The van der Waals surface area contributed by atoms with Crippen molar-refractivity contribution in [3.05, 3.63) is 53.3 Å².